The Morgan fingerprint density at radius 2 is 1.29 bits per heavy atom. The van der Waals surface area contributed by atoms with Gasteiger partial charge in [-0.3, -0.25) is 4.79 Å². The van der Waals surface area contributed by atoms with E-state index in [4.69, 9.17) is 0 Å². The molecule has 1 heterocycles. The number of aromatic hydroxyl groups is 1. The molecule has 0 unspecified atom stereocenters. The minimum absolute atomic E-state index is 0.328. The van der Waals surface area contributed by atoms with Crippen molar-refractivity contribution in [3.8, 4) is 17.3 Å². The first-order chi connectivity index (χ1) is 15.0. The minimum atomic E-state index is -0.756. The van der Waals surface area contributed by atoms with Gasteiger partial charge in [0.2, 0.25) is 11.6 Å². The predicted molar refractivity (Wildman–Crippen MR) is 119 cm³/mol. The monoisotopic (exact) mass is 412 g/mol. The molecule has 0 bridgehead atoms. The van der Waals surface area contributed by atoms with Crippen molar-refractivity contribution < 1.29 is 5.11 Å². The Bertz CT molecular complexity index is 1390. The molecule has 1 N–H and O–H groups in total. The number of para-hydroxylation sites is 2. The van der Waals surface area contributed by atoms with Crippen molar-refractivity contribution in [2.45, 2.75) is 13.8 Å². The van der Waals surface area contributed by atoms with Crippen LogP contribution in [0.25, 0.3) is 11.4 Å². The summed E-state index contributed by atoms with van der Waals surface area (Å²) in [6.07, 6.45) is 0. The zero-order valence-corrected chi connectivity index (χ0v) is 17.1. The third-order valence-electron chi connectivity index (χ3n) is 5.00. The Kier molecular flexibility index (Phi) is 5.32. The van der Waals surface area contributed by atoms with Gasteiger partial charge < -0.3 is 5.11 Å². The van der Waals surface area contributed by atoms with Crippen molar-refractivity contribution in [1.29, 1.82) is 0 Å². The highest BCUT2D eigenvalue weighted by atomic mass is 16.3. The van der Waals surface area contributed by atoms with Crippen LogP contribution in [0.3, 0.4) is 0 Å². The molecule has 0 radical (unpaired) electrons. The van der Waals surface area contributed by atoms with E-state index in [2.05, 4.69) is 10.2 Å². The molecule has 0 saturated carbocycles. The van der Waals surface area contributed by atoms with E-state index in [-0.39, 0.29) is 5.69 Å². The molecule has 1 aromatic heterocycles. The normalized spacial score (nSPS) is 11.2. The molecule has 7 heteroatoms. The van der Waals surface area contributed by atoms with Crippen LogP contribution in [-0.2, 0) is 0 Å². The van der Waals surface area contributed by atoms with Gasteiger partial charge in [-0.1, -0.05) is 42.5 Å². The van der Waals surface area contributed by atoms with Gasteiger partial charge in [0.25, 0.3) is 5.56 Å². The van der Waals surface area contributed by atoms with Gasteiger partial charge >= 0.3 is 5.69 Å². The molecular formula is C24H20N4O3. The molecule has 4 rings (SSSR count). The fourth-order valence-electron chi connectivity index (χ4n) is 3.18. The van der Waals surface area contributed by atoms with Crippen LogP contribution in [0.5, 0.6) is 5.88 Å². The van der Waals surface area contributed by atoms with E-state index in [1.807, 2.05) is 26.0 Å². The molecule has 0 atom stereocenters. The van der Waals surface area contributed by atoms with Gasteiger partial charge in [0, 0.05) is 0 Å². The summed E-state index contributed by atoms with van der Waals surface area (Å²) < 4.78 is 2.02. The largest absolute Gasteiger partial charge is 0.492 e. The van der Waals surface area contributed by atoms with Crippen molar-refractivity contribution in [2.24, 2.45) is 10.2 Å². The second kappa shape index (κ2) is 8.23. The summed E-state index contributed by atoms with van der Waals surface area (Å²) in [4.78, 5) is 26.4. The van der Waals surface area contributed by atoms with Crippen molar-refractivity contribution in [3.05, 3.63) is 111 Å². The molecule has 0 saturated heterocycles. The molecule has 0 amide bonds. The minimum Gasteiger partial charge on any atom is -0.492 e. The van der Waals surface area contributed by atoms with Gasteiger partial charge in [0.1, 0.15) is 0 Å². The van der Waals surface area contributed by atoms with Gasteiger partial charge in [0.15, 0.2) is 0 Å². The lowest BCUT2D eigenvalue weighted by molar-refractivity contribution is 0.430. The smallest absolute Gasteiger partial charge is 0.343 e. The summed E-state index contributed by atoms with van der Waals surface area (Å²) in [5.74, 6) is -0.569. The number of azo groups is 1. The molecular weight excluding hydrogens is 392 g/mol. The molecule has 3 aromatic carbocycles. The maximum Gasteiger partial charge on any atom is 0.343 e. The van der Waals surface area contributed by atoms with Crippen molar-refractivity contribution >= 4 is 11.4 Å². The number of hydrogen-bond acceptors (Lipinski definition) is 5. The standard InChI is InChI=1S/C24H20N4O3/c1-16-13-14-18(15-17(16)2)25-26-21-22(29)27(19-9-5-3-6-10-19)24(31)28(23(21)30)20-11-7-4-8-12-20/h3-15,29H,1-2H3. The number of hydrogen-bond donors (Lipinski definition) is 1. The van der Waals surface area contributed by atoms with E-state index in [9.17, 15) is 14.7 Å². The van der Waals surface area contributed by atoms with Crippen molar-refractivity contribution in [3.63, 3.8) is 0 Å². The van der Waals surface area contributed by atoms with Crippen LogP contribution in [-0.4, -0.2) is 14.2 Å². The van der Waals surface area contributed by atoms with Gasteiger partial charge in [0.05, 0.1) is 17.1 Å². The Labute approximate surface area is 178 Å². The molecule has 4 aromatic rings. The highest BCUT2D eigenvalue weighted by Crippen LogP contribution is 2.26. The average Bonchev–Trinajstić information content (AvgIpc) is 2.77. The topological polar surface area (TPSA) is 88.9 Å². The van der Waals surface area contributed by atoms with E-state index in [1.54, 1.807) is 66.7 Å². The summed E-state index contributed by atoms with van der Waals surface area (Å²) in [7, 11) is 0. The van der Waals surface area contributed by atoms with Crippen molar-refractivity contribution in [2.75, 3.05) is 0 Å². The van der Waals surface area contributed by atoms with Crippen LogP contribution >= 0.6 is 0 Å². The zero-order valence-electron chi connectivity index (χ0n) is 17.1. The van der Waals surface area contributed by atoms with Gasteiger partial charge in [-0.15, -0.1) is 5.11 Å². The molecule has 154 valence electrons. The zero-order chi connectivity index (χ0) is 22.0. The number of aromatic nitrogens is 2. The third kappa shape index (κ3) is 3.81. The first-order valence-corrected chi connectivity index (χ1v) is 9.68. The average molecular weight is 412 g/mol. The van der Waals surface area contributed by atoms with E-state index in [0.717, 1.165) is 20.3 Å². The summed E-state index contributed by atoms with van der Waals surface area (Å²) in [5, 5.41) is 19.0. The lowest BCUT2D eigenvalue weighted by atomic mass is 10.1. The van der Waals surface area contributed by atoms with Crippen LogP contribution < -0.4 is 11.2 Å². The van der Waals surface area contributed by atoms with Gasteiger partial charge in [-0.2, -0.15) is 5.11 Å². The molecule has 0 spiro atoms. The molecule has 0 aliphatic heterocycles. The third-order valence-corrected chi connectivity index (χ3v) is 5.00. The molecule has 0 aliphatic rings. The van der Waals surface area contributed by atoms with E-state index in [1.165, 1.54) is 0 Å². The second-order valence-electron chi connectivity index (χ2n) is 7.07. The van der Waals surface area contributed by atoms with E-state index < -0.39 is 17.1 Å². The Hall–Kier alpha value is -4.26. The molecule has 31 heavy (non-hydrogen) atoms. The van der Waals surface area contributed by atoms with Gasteiger partial charge in [-0.25, -0.2) is 13.9 Å². The molecule has 7 nitrogen and oxygen atoms in total. The van der Waals surface area contributed by atoms with Gasteiger partial charge in [-0.05, 0) is 61.4 Å². The number of nitrogens with zero attached hydrogens (tertiary/aromatic N) is 4. The number of rotatable bonds is 4. The van der Waals surface area contributed by atoms with Crippen LogP contribution in [0.15, 0.2) is 98.7 Å². The fraction of sp³-hybridized carbons (Fsp3) is 0.0833. The summed E-state index contributed by atoms with van der Waals surface area (Å²) in [6, 6.07) is 22.6. The quantitative estimate of drug-likeness (QED) is 0.492. The summed E-state index contributed by atoms with van der Waals surface area (Å²) in [6.45, 7) is 3.93. The maximum absolute atomic E-state index is 13.2. The lowest BCUT2D eigenvalue weighted by Gasteiger charge is -2.13. The van der Waals surface area contributed by atoms with E-state index >= 15 is 0 Å². The van der Waals surface area contributed by atoms with Crippen LogP contribution in [0.2, 0.25) is 0 Å². The van der Waals surface area contributed by atoms with Crippen LogP contribution in [0, 0.1) is 13.8 Å². The number of benzene rings is 3. The predicted octanol–water partition coefficient (Wildman–Crippen LogP) is 4.73. The fourth-order valence-corrected chi connectivity index (χ4v) is 3.18. The van der Waals surface area contributed by atoms with Crippen molar-refractivity contribution in [1.82, 2.24) is 9.13 Å². The Balaban J connectivity index is 1.98. The first kappa shape index (κ1) is 20.0. The summed E-state index contributed by atoms with van der Waals surface area (Å²) >= 11 is 0. The lowest BCUT2D eigenvalue weighted by Crippen LogP contribution is -2.37. The second-order valence-corrected chi connectivity index (χ2v) is 7.07. The number of aryl methyl sites for hydroxylation is 2. The molecule has 0 fully saturated rings. The van der Waals surface area contributed by atoms with E-state index in [0.29, 0.717) is 17.1 Å². The highest BCUT2D eigenvalue weighted by Gasteiger charge is 2.21. The molecule has 0 aliphatic carbocycles. The Morgan fingerprint density at radius 1 is 0.710 bits per heavy atom. The SMILES string of the molecule is Cc1ccc(N=Nc2c(O)n(-c3ccccc3)c(=O)n(-c3ccccc3)c2=O)cc1C. The summed E-state index contributed by atoms with van der Waals surface area (Å²) in [5.41, 5.74) is 1.64. The van der Waals surface area contributed by atoms with Crippen LogP contribution in [0.1, 0.15) is 11.1 Å². The highest BCUT2D eigenvalue weighted by molar-refractivity contribution is 5.52. The Morgan fingerprint density at radius 3 is 1.87 bits per heavy atom. The maximum atomic E-state index is 13.2. The van der Waals surface area contributed by atoms with Crippen LogP contribution in [0.4, 0.5) is 11.4 Å². The first-order valence-electron chi connectivity index (χ1n) is 9.68.